The van der Waals surface area contributed by atoms with Gasteiger partial charge in [-0.15, -0.1) is 5.10 Å². The van der Waals surface area contributed by atoms with Crippen molar-refractivity contribution in [3.8, 4) is 0 Å². The van der Waals surface area contributed by atoms with Crippen LogP contribution in [0.2, 0.25) is 0 Å². The monoisotopic (exact) mass is 285 g/mol. The average molecular weight is 285 g/mol. The molecule has 6 heteroatoms. The Morgan fingerprint density at radius 3 is 2.80 bits per heavy atom. The van der Waals surface area contributed by atoms with Crippen LogP contribution in [0.25, 0.3) is 0 Å². The van der Waals surface area contributed by atoms with Crippen molar-refractivity contribution in [1.29, 1.82) is 0 Å². The molecule has 3 rings (SSSR count). The highest BCUT2D eigenvalue weighted by Gasteiger charge is 2.31. The number of thioether (sulfide) groups is 1. The molecule has 1 amide bonds. The standard InChI is InChI=1S/C14H11N3O2S/c18-13-12(10-5-2-1-3-6-10)20-14(16-13)17-15-9-11-7-4-8-19-11/h1-9,12H,(H,16,17,18)/b15-9-. The number of carbonyl (C=O) groups is 1. The predicted octanol–water partition coefficient (Wildman–Crippen LogP) is 2.57. The lowest BCUT2D eigenvalue weighted by Gasteiger charge is -2.03. The molecule has 0 spiro atoms. The first kappa shape index (κ1) is 12.7. The molecule has 1 fully saturated rings. The topological polar surface area (TPSA) is 67.0 Å². The Balaban J connectivity index is 1.70. The van der Waals surface area contributed by atoms with Gasteiger partial charge in [-0.3, -0.25) is 4.79 Å². The quantitative estimate of drug-likeness (QED) is 0.696. The third-order valence-electron chi connectivity index (χ3n) is 2.68. The highest BCUT2D eigenvalue weighted by Crippen LogP contribution is 2.34. The maximum atomic E-state index is 11.9. The van der Waals surface area contributed by atoms with E-state index in [1.54, 1.807) is 18.4 Å². The fourth-order valence-corrected chi connectivity index (χ4v) is 2.70. The summed E-state index contributed by atoms with van der Waals surface area (Å²) in [6, 6.07) is 13.1. The molecule has 1 aromatic heterocycles. The van der Waals surface area contributed by atoms with Crippen LogP contribution in [0, 0.1) is 0 Å². The molecular weight excluding hydrogens is 274 g/mol. The Hall–Kier alpha value is -2.34. The van der Waals surface area contributed by atoms with E-state index in [-0.39, 0.29) is 11.2 Å². The molecule has 5 nitrogen and oxygen atoms in total. The summed E-state index contributed by atoms with van der Waals surface area (Å²) in [6.07, 6.45) is 3.06. The van der Waals surface area contributed by atoms with Crippen molar-refractivity contribution in [2.75, 3.05) is 0 Å². The molecule has 0 aliphatic carbocycles. The zero-order valence-electron chi connectivity index (χ0n) is 10.4. The van der Waals surface area contributed by atoms with Gasteiger partial charge in [0.1, 0.15) is 11.0 Å². The zero-order valence-corrected chi connectivity index (χ0v) is 11.2. The lowest BCUT2D eigenvalue weighted by atomic mass is 10.1. The fourth-order valence-electron chi connectivity index (χ4n) is 1.76. The SMILES string of the molecule is O=C1N/C(=N\N=C/c2ccco2)SC1c1ccccc1. The van der Waals surface area contributed by atoms with Gasteiger partial charge in [0.25, 0.3) is 0 Å². The van der Waals surface area contributed by atoms with Crippen molar-refractivity contribution >= 4 is 29.1 Å². The predicted molar refractivity (Wildman–Crippen MR) is 78.7 cm³/mol. The fraction of sp³-hybridized carbons (Fsp3) is 0.0714. The number of carbonyl (C=O) groups excluding carboxylic acids is 1. The number of benzene rings is 1. The lowest BCUT2D eigenvalue weighted by Crippen LogP contribution is -2.21. The van der Waals surface area contributed by atoms with Crippen LogP contribution in [0.1, 0.15) is 16.6 Å². The first-order valence-corrected chi connectivity index (χ1v) is 6.88. The first-order chi connectivity index (χ1) is 9.83. The van der Waals surface area contributed by atoms with Crippen molar-refractivity contribution in [3.05, 3.63) is 60.1 Å². The maximum absolute atomic E-state index is 11.9. The van der Waals surface area contributed by atoms with E-state index < -0.39 is 0 Å². The molecule has 2 aromatic rings. The third-order valence-corrected chi connectivity index (χ3v) is 3.81. The normalized spacial score (nSPS) is 20.7. The van der Waals surface area contributed by atoms with Gasteiger partial charge in [-0.1, -0.05) is 42.1 Å². The molecule has 0 radical (unpaired) electrons. The molecule has 1 saturated heterocycles. The van der Waals surface area contributed by atoms with E-state index in [0.717, 1.165) is 5.56 Å². The van der Waals surface area contributed by atoms with Crippen molar-refractivity contribution in [2.24, 2.45) is 10.2 Å². The van der Waals surface area contributed by atoms with Crippen LogP contribution in [0.15, 0.2) is 63.3 Å². The van der Waals surface area contributed by atoms with Crippen molar-refractivity contribution in [3.63, 3.8) is 0 Å². The second-order valence-electron chi connectivity index (χ2n) is 4.06. The molecule has 1 unspecified atom stereocenters. The number of hydrogen-bond acceptors (Lipinski definition) is 5. The summed E-state index contributed by atoms with van der Waals surface area (Å²) < 4.78 is 5.10. The summed E-state index contributed by atoms with van der Waals surface area (Å²) in [5, 5.41) is 10.8. The summed E-state index contributed by atoms with van der Waals surface area (Å²) in [6.45, 7) is 0. The Bertz CT molecular complexity index is 650. The summed E-state index contributed by atoms with van der Waals surface area (Å²) in [5.74, 6) is 0.538. The molecule has 20 heavy (non-hydrogen) atoms. The van der Waals surface area contributed by atoms with Gasteiger partial charge in [-0.25, -0.2) is 0 Å². The number of furan rings is 1. The number of nitrogens with zero attached hydrogens (tertiary/aromatic N) is 2. The lowest BCUT2D eigenvalue weighted by molar-refractivity contribution is -0.118. The Labute approximate surface area is 119 Å². The molecule has 100 valence electrons. The first-order valence-electron chi connectivity index (χ1n) is 6.00. The van der Waals surface area contributed by atoms with Crippen LogP contribution >= 0.6 is 11.8 Å². The van der Waals surface area contributed by atoms with Gasteiger partial charge >= 0.3 is 0 Å². The van der Waals surface area contributed by atoms with E-state index in [1.807, 2.05) is 30.3 Å². The van der Waals surface area contributed by atoms with Gasteiger partial charge in [0, 0.05) is 0 Å². The van der Waals surface area contributed by atoms with Crippen LogP contribution < -0.4 is 5.32 Å². The maximum Gasteiger partial charge on any atom is 0.244 e. The van der Waals surface area contributed by atoms with Crippen LogP contribution in [0.5, 0.6) is 0 Å². The van der Waals surface area contributed by atoms with E-state index in [1.165, 1.54) is 18.0 Å². The number of hydrogen-bond donors (Lipinski definition) is 1. The van der Waals surface area contributed by atoms with Gasteiger partial charge in [-0.05, 0) is 17.7 Å². The van der Waals surface area contributed by atoms with E-state index in [0.29, 0.717) is 10.9 Å². The van der Waals surface area contributed by atoms with E-state index >= 15 is 0 Å². The zero-order chi connectivity index (χ0) is 13.8. The smallest absolute Gasteiger partial charge is 0.244 e. The third kappa shape index (κ3) is 2.80. The molecule has 1 aliphatic rings. The number of nitrogens with one attached hydrogen (secondary N) is 1. The van der Waals surface area contributed by atoms with Crippen molar-refractivity contribution in [2.45, 2.75) is 5.25 Å². The molecule has 1 N–H and O–H groups in total. The molecule has 0 bridgehead atoms. The molecule has 0 saturated carbocycles. The average Bonchev–Trinajstić information content (AvgIpc) is 3.10. The minimum atomic E-state index is -0.270. The summed E-state index contributed by atoms with van der Waals surface area (Å²) in [5.41, 5.74) is 0.954. The second kappa shape index (κ2) is 5.75. The largest absolute Gasteiger partial charge is 0.463 e. The van der Waals surface area contributed by atoms with Gasteiger partial charge in [0.15, 0.2) is 5.17 Å². The van der Waals surface area contributed by atoms with E-state index in [9.17, 15) is 4.79 Å². The summed E-state index contributed by atoms with van der Waals surface area (Å²) >= 11 is 1.35. The minimum absolute atomic E-state index is 0.0758. The highest BCUT2D eigenvalue weighted by atomic mass is 32.2. The number of rotatable bonds is 3. The summed E-state index contributed by atoms with van der Waals surface area (Å²) in [4.78, 5) is 11.9. The van der Waals surface area contributed by atoms with Crippen LogP contribution in [-0.4, -0.2) is 17.3 Å². The van der Waals surface area contributed by atoms with Crippen LogP contribution in [0.4, 0.5) is 0 Å². The molecule has 2 heterocycles. The Kier molecular flexibility index (Phi) is 3.64. The van der Waals surface area contributed by atoms with E-state index in [2.05, 4.69) is 15.5 Å². The number of amidine groups is 1. The summed E-state index contributed by atoms with van der Waals surface area (Å²) in [7, 11) is 0. The molecule has 1 aromatic carbocycles. The molecule has 1 atom stereocenters. The van der Waals surface area contributed by atoms with E-state index in [4.69, 9.17) is 4.42 Å². The molecule has 1 aliphatic heterocycles. The van der Waals surface area contributed by atoms with Gasteiger partial charge in [0.2, 0.25) is 5.91 Å². The second-order valence-corrected chi connectivity index (χ2v) is 5.16. The van der Waals surface area contributed by atoms with Gasteiger partial charge in [0.05, 0.1) is 12.5 Å². The Morgan fingerprint density at radius 2 is 2.05 bits per heavy atom. The number of amides is 1. The van der Waals surface area contributed by atoms with Crippen LogP contribution in [0.3, 0.4) is 0 Å². The van der Waals surface area contributed by atoms with Crippen molar-refractivity contribution in [1.82, 2.24) is 5.32 Å². The minimum Gasteiger partial charge on any atom is -0.463 e. The highest BCUT2D eigenvalue weighted by molar-refractivity contribution is 8.15. The van der Waals surface area contributed by atoms with Gasteiger partial charge in [-0.2, -0.15) is 5.10 Å². The van der Waals surface area contributed by atoms with Crippen molar-refractivity contribution < 1.29 is 9.21 Å². The van der Waals surface area contributed by atoms with Gasteiger partial charge < -0.3 is 9.73 Å². The van der Waals surface area contributed by atoms with Crippen LogP contribution in [-0.2, 0) is 4.79 Å². The Morgan fingerprint density at radius 1 is 1.20 bits per heavy atom. The molecular formula is C14H11N3O2S.